The van der Waals surface area contributed by atoms with Crippen molar-refractivity contribution >= 4 is 5.69 Å². The van der Waals surface area contributed by atoms with Crippen molar-refractivity contribution in [3.63, 3.8) is 0 Å². The number of rotatable bonds is 1. The van der Waals surface area contributed by atoms with Gasteiger partial charge in [0.2, 0.25) is 0 Å². The SMILES string of the molecule is Nc1ccc2c(c1)CC(N1CCCC1)C2. The minimum Gasteiger partial charge on any atom is -0.399 e. The number of anilines is 1. The molecule has 0 amide bonds. The Morgan fingerprint density at radius 1 is 1.07 bits per heavy atom. The maximum absolute atomic E-state index is 5.82. The van der Waals surface area contributed by atoms with Crippen molar-refractivity contribution < 1.29 is 0 Å². The van der Waals surface area contributed by atoms with Crippen molar-refractivity contribution in [1.82, 2.24) is 4.90 Å². The van der Waals surface area contributed by atoms with Crippen LogP contribution in [-0.2, 0) is 12.8 Å². The maximum Gasteiger partial charge on any atom is 0.0316 e. The van der Waals surface area contributed by atoms with Gasteiger partial charge >= 0.3 is 0 Å². The second kappa shape index (κ2) is 3.53. The van der Waals surface area contributed by atoms with Crippen molar-refractivity contribution in [3.8, 4) is 0 Å². The Morgan fingerprint density at radius 2 is 1.80 bits per heavy atom. The predicted octanol–water partition coefficient (Wildman–Crippen LogP) is 1.83. The average Bonchev–Trinajstić information content (AvgIpc) is 2.84. The quantitative estimate of drug-likeness (QED) is 0.704. The molecule has 2 heteroatoms. The molecule has 1 fully saturated rings. The fourth-order valence-corrected chi connectivity index (χ4v) is 2.98. The zero-order chi connectivity index (χ0) is 10.3. The maximum atomic E-state index is 5.82. The third-order valence-electron chi connectivity index (χ3n) is 3.80. The molecule has 1 heterocycles. The van der Waals surface area contributed by atoms with E-state index in [-0.39, 0.29) is 0 Å². The van der Waals surface area contributed by atoms with E-state index in [2.05, 4.69) is 17.0 Å². The summed E-state index contributed by atoms with van der Waals surface area (Å²) in [5.41, 5.74) is 9.72. The lowest BCUT2D eigenvalue weighted by Crippen LogP contribution is -2.33. The summed E-state index contributed by atoms with van der Waals surface area (Å²) in [7, 11) is 0. The van der Waals surface area contributed by atoms with Gasteiger partial charge in [-0.15, -0.1) is 0 Å². The van der Waals surface area contributed by atoms with Crippen LogP contribution < -0.4 is 5.73 Å². The van der Waals surface area contributed by atoms with Gasteiger partial charge in [0.25, 0.3) is 0 Å². The van der Waals surface area contributed by atoms with Crippen LogP contribution in [-0.4, -0.2) is 24.0 Å². The van der Waals surface area contributed by atoms with Gasteiger partial charge in [-0.1, -0.05) is 6.07 Å². The van der Waals surface area contributed by atoms with Gasteiger partial charge in [-0.2, -0.15) is 0 Å². The number of likely N-dealkylation sites (tertiary alicyclic amines) is 1. The smallest absolute Gasteiger partial charge is 0.0316 e. The van der Waals surface area contributed by atoms with Crippen LogP contribution in [0.15, 0.2) is 18.2 Å². The summed E-state index contributed by atoms with van der Waals surface area (Å²) >= 11 is 0. The number of nitrogens with two attached hydrogens (primary N) is 1. The summed E-state index contributed by atoms with van der Waals surface area (Å²) in [6, 6.07) is 7.15. The number of nitrogens with zero attached hydrogens (tertiary/aromatic N) is 1. The first kappa shape index (κ1) is 9.22. The normalized spacial score (nSPS) is 25.7. The number of fused-ring (bicyclic) bond motifs is 1. The van der Waals surface area contributed by atoms with Gasteiger partial charge in [0.05, 0.1) is 0 Å². The highest BCUT2D eigenvalue weighted by atomic mass is 15.2. The second-order valence-electron chi connectivity index (χ2n) is 4.83. The molecule has 0 radical (unpaired) electrons. The lowest BCUT2D eigenvalue weighted by molar-refractivity contribution is 0.250. The van der Waals surface area contributed by atoms with E-state index >= 15 is 0 Å². The third-order valence-corrected chi connectivity index (χ3v) is 3.80. The molecule has 1 aromatic carbocycles. The van der Waals surface area contributed by atoms with Gasteiger partial charge in [-0.25, -0.2) is 0 Å². The van der Waals surface area contributed by atoms with E-state index in [9.17, 15) is 0 Å². The molecule has 1 unspecified atom stereocenters. The Morgan fingerprint density at radius 3 is 2.60 bits per heavy atom. The topological polar surface area (TPSA) is 29.3 Å². The molecular formula is C13H18N2. The number of benzene rings is 1. The Labute approximate surface area is 91.1 Å². The summed E-state index contributed by atoms with van der Waals surface area (Å²) in [4.78, 5) is 2.65. The van der Waals surface area contributed by atoms with Crippen molar-refractivity contribution in [3.05, 3.63) is 29.3 Å². The highest BCUT2D eigenvalue weighted by Gasteiger charge is 2.28. The lowest BCUT2D eigenvalue weighted by Gasteiger charge is -2.22. The van der Waals surface area contributed by atoms with Crippen LogP contribution in [0.2, 0.25) is 0 Å². The molecule has 3 rings (SSSR count). The first-order chi connectivity index (χ1) is 7.33. The van der Waals surface area contributed by atoms with Gasteiger partial charge in [0.15, 0.2) is 0 Å². The first-order valence-electron chi connectivity index (χ1n) is 5.94. The van der Waals surface area contributed by atoms with E-state index in [1.54, 1.807) is 0 Å². The summed E-state index contributed by atoms with van der Waals surface area (Å²) < 4.78 is 0. The van der Waals surface area contributed by atoms with Crippen LogP contribution in [0.4, 0.5) is 5.69 Å². The summed E-state index contributed by atoms with van der Waals surface area (Å²) in [5, 5.41) is 0. The van der Waals surface area contributed by atoms with Crippen molar-refractivity contribution in [2.24, 2.45) is 0 Å². The Bertz CT molecular complexity index is 367. The molecule has 1 aromatic rings. The average molecular weight is 202 g/mol. The van der Waals surface area contributed by atoms with E-state index in [0.29, 0.717) is 0 Å². The molecule has 0 bridgehead atoms. The third kappa shape index (κ3) is 1.63. The van der Waals surface area contributed by atoms with E-state index in [1.807, 2.05) is 6.07 Å². The minimum atomic E-state index is 0.754. The molecule has 2 aliphatic rings. The molecule has 15 heavy (non-hydrogen) atoms. The molecule has 0 saturated carbocycles. The Balaban J connectivity index is 1.79. The highest BCUT2D eigenvalue weighted by Crippen LogP contribution is 2.28. The zero-order valence-electron chi connectivity index (χ0n) is 9.08. The van der Waals surface area contributed by atoms with E-state index < -0.39 is 0 Å². The second-order valence-corrected chi connectivity index (χ2v) is 4.83. The van der Waals surface area contributed by atoms with Crippen LogP contribution in [0.5, 0.6) is 0 Å². The van der Waals surface area contributed by atoms with Gasteiger partial charge in [0, 0.05) is 11.7 Å². The molecule has 0 aromatic heterocycles. The summed E-state index contributed by atoms with van der Waals surface area (Å²) in [5.74, 6) is 0. The van der Waals surface area contributed by atoms with Gasteiger partial charge in [-0.05, 0) is 62.0 Å². The molecule has 1 aliphatic carbocycles. The number of nitrogen functional groups attached to an aromatic ring is 1. The van der Waals surface area contributed by atoms with E-state index in [4.69, 9.17) is 5.73 Å². The van der Waals surface area contributed by atoms with Crippen LogP contribution in [0, 0.1) is 0 Å². The molecule has 1 atom stereocenters. The largest absolute Gasteiger partial charge is 0.399 e. The molecule has 80 valence electrons. The molecule has 0 spiro atoms. The number of hydrogen-bond acceptors (Lipinski definition) is 2. The van der Waals surface area contributed by atoms with Gasteiger partial charge in [0.1, 0.15) is 0 Å². The molecule has 1 aliphatic heterocycles. The Kier molecular flexibility index (Phi) is 2.17. The summed E-state index contributed by atoms with van der Waals surface area (Å²) in [6.45, 7) is 2.60. The van der Waals surface area contributed by atoms with Gasteiger partial charge in [-0.3, -0.25) is 4.90 Å². The fourth-order valence-electron chi connectivity index (χ4n) is 2.98. The zero-order valence-corrected chi connectivity index (χ0v) is 9.08. The fraction of sp³-hybridized carbons (Fsp3) is 0.538. The van der Waals surface area contributed by atoms with E-state index in [1.165, 1.54) is 49.9 Å². The van der Waals surface area contributed by atoms with Crippen LogP contribution in [0.3, 0.4) is 0 Å². The van der Waals surface area contributed by atoms with Gasteiger partial charge < -0.3 is 5.73 Å². The standard InChI is InChI=1S/C13H18N2/c14-12-4-3-10-8-13(9-11(10)7-12)15-5-1-2-6-15/h3-4,7,13H,1-2,5-6,8-9,14H2. The molecular weight excluding hydrogens is 184 g/mol. The van der Waals surface area contributed by atoms with Crippen molar-refractivity contribution in [1.29, 1.82) is 0 Å². The van der Waals surface area contributed by atoms with Crippen LogP contribution in [0.25, 0.3) is 0 Å². The Hall–Kier alpha value is -1.02. The van der Waals surface area contributed by atoms with Crippen molar-refractivity contribution in [2.75, 3.05) is 18.8 Å². The highest BCUT2D eigenvalue weighted by molar-refractivity contribution is 5.47. The van der Waals surface area contributed by atoms with E-state index in [0.717, 1.165) is 11.7 Å². The minimum absolute atomic E-state index is 0.754. The predicted molar refractivity (Wildman–Crippen MR) is 62.9 cm³/mol. The van der Waals surface area contributed by atoms with Crippen LogP contribution >= 0.6 is 0 Å². The lowest BCUT2D eigenvalue weighted by atomic mass is 10.1. The molecule has 2 nitrogen and oxygen atoms in total. The summed E-state index contributed by atoms with van der Waals surface area (Å²) in [6.07, 6.45) is 5.21. The molecule has 1 saturated heterocycles. The van der Waals surface area contributed by atoms with Crippen molar-refractivity contribution in [2.45, 2.75) is 31.7 Å². The monoisotopic (exact) mass is 202 g/mol. The number of hydrogen-bond donors (Lipinski definition) is 1. The van der Waals surface area contributed by atoms with Crippen LogP contribution in [0.1, 0.15) is 24.0 Å². The first-order valence-corrected chi connectivity index (χ1v) is 5.94. The molecule has 2 N–H and O–H groups in total.